The van der Waals surface area contributed by atoms with E-state index in [1.54, 1.807) is 0 Å². The molecular formula is C18H26N4O. The Morgan fingerprint density at radius 1 is 1.26 bits per heavy atom. The molecule has 0 unspecified atom stereocenters. The van der Waals surface area contributed by atoms with Crippen molar-refractivity contribution >= 4 is 17.6 Å². The van der Waals surface area contributed by atoms with Crippen LogP contribution in [0.15, 0.2) is 29.3 Å². The second-order valence-electron chi connectivity index (χ2n) is 6.28. The van der Waals surface area contributed by atoms with Gasteiger partial charge in [0.05, 0.1) is 6.54 Å². The highest BCUT2D eigenvalue weighted by Gasteiger charge is 2.22. The summed E-state index contributed by atoms with van der Waals surface area (Å²) < 4.78 is 0. The van der Waals surface area contributed by atoms with Crippen molar-refractivity contribution in [1.29, 1.82) is 0 Å². The maximum absolute atomic E-state index is 12.0. The number of nitrogens with zero attached hydrogens (tertiary/aromatic N) is 2. The number of hydrogen-bond donors (Lipinski definition) is 2. The van der Waals surface area contributed by atoms with Gasteiger partial charge in [0.25, 0.3) is 0 Å². The van der Waals surface area contributed by atoms with Gasteiger partial charge < -0.3 is 15.5 Å². The number of piperidine rings is 1. The highest BCUT2D eigenvalue weighted by atomic mass is 16.2. The third kappa shape index (κ3) is 4.47. The molecule has 3 rings (SSSR count). The summed E-state index contributed by atoms with van der Waals surface area (Å²) in [5, 5.41) is 6.70. The van der Waals surface area contributed by atoms with E-state index in [4.69, 9.17) is 0 Å². The lowest BCUT2D eigenvalue weighted by molar-refractivity contribution is -0.119. The second-order valence-corrected chi connectivity index (χ2v) is 6.28. The first-order valence-corrected chi connectivity index (χ1v) is 8.70. The van der Waals surface area contributed by atoms with E-state index in [0.717, 1.165) is 43.1 Å². The minimum absolute atomic E-state index is 0.241. The number of carbonyl (C=O) groups excluding carboxylic acids is 1. The summed E-state index contributed by atoms with van der Waals surface area (Å²) in [6, 6.07) is 8.81. The van der Waals surface area contributed by atoms with Crippen LogP contribution < -0.4 is 15.5 Å². The predicted octanol–water partition coefficient (Wildman–Crippen LogP) is 2.42. The maximum atomic E-state index is 12.0. The van der Waals surface area contributed by atoms with Gasteiger partial charge in [-0.1, -0.05) is 12.1 Å². The SMILES string of the molecule is CCNC(=NCc1ccc(N2CCCCC2=O)cc1)NC1CC1. The van der Waals surface area contributed by atoms with Crippen LogP contribution in [0.2, 0.25) is 0 Å². The standard InChI is InChI=1S/C18H26N4O/c1-2-19-18(21-15-8-9-15)20-13-14-6-10-16(11-7-14)22-12-4-3-5-17(22)23/h6-7,10-11,15H,2-5,8-9,12-13H2,1H3,(H2,19,20,21). The summed E-state index contributed by atoms with van der Waals surface area (Å²) in [5.74, 6) is 1.13. The van der Waals surface area contributed by atoms with E-state index in [0.29, 0.717) is 19.0 Å². The third-order valence-electron chi connectivity index (χ3n) is 4.25. The van der Waals surface area contributed by atoms with Crippen molar-refractivity contribution in [3.8, 4) is 0 Å². The molecule has 5 nitrogen and oxygen atoms in total. The van der Waals surface area contributed by atoms with E-state index < -0.39 is 0 Å². The molecule has 1 saturated heterocycles. The molecule has 1 aliphatic heterocycles. The Labute approximate surface area is 138 Å². The Bertz CT molecular complexity index is 563. The second kappa shape index (κ2) is 7.49. The number of nitrogens with one attached hydrogen (secondary N) is 2. The molecule has 1 aromatic carbocycles. The molecule has 2 N–H and O–H groups in total. The summed E-state index contributed by atoms with van der Waals surface area (Å²) in [5.41, 5.74) is 2.16. The van der Waals surface area contributed by atoms with E-state index in [1.807, 2.05) is 17.0 Å². The molecule has 0 spiro atoms. The molecule has 0 bridgehead atoms. The predicted molar refractivity (Wildman–Crippen MR) is 93.6 cm³/mol. The first kappa shape index (κ1) is 15.8. The van der Waals surface area contributed by atoms with Crippen molar-refractivity contribution in [2.24, 2.45) is 4.99 Å². The van der Waals surface area contributed by atoms with Crippen molar-refractivity contribution in [2.45, 2.75) is 51.6 Å². The van der Waals surface area contributed by atoms with Gasteiger partial charge in [-0.05, 0) is 50.3 Å². The van der Waals surface area contributed by atoms with Gasteiger partial charge in [0.1, 0.15) is 0 Å². The van der Waals surface area contributed by atoms with E-state index in [1.165, 1.54) is 12.8 Å². The maximum Gasteiger partial charge on any atom is 0.226 e. The molecule has 2 aliphatic rings. The summed E-state index contributed by atoms with van der Waals surface area (Å²) in [6.45, 7) is 4.44. The molecule has 124 valence electrons. The van der Waals surface area contributed by atoms with Crippen LogP contribution in [0.3, 0.4) is 0 Å². The van der Waals surface area contributed by atoms with Gasteiger partial charge in [-0.3, -0.25) is 4.79 Å². The highest BCUT2D eigenvalue weighted by Crippen LogP contribution is 2.21. The van der Waals surface area contributed by atoms with E-state index >= 15 is 0 Å². The first-order valence-electron chi connectivity index (χ1n) is 8.70. The molecule has 1 saturated carbocycles. The largest absolute Gasteiger partial charge is 0.357 e. The number of benzene rings is 1. The number of guanidine groups is 1. The zero-order chi connectivity index (χ0) is 16.1. The van der Waals surface area contributed by atoms with Gasteiger partial charge in [-0.2, -0.15) is 0 Å². The molecule has 1 aromatic rings. The Morgan fingerprint density at radius 2 is 2.04 bits per heavy atom. The molecule has 1 amide bonds. The van der Waals surface area contributed by atoms with Crippen molar-refractivity contribution < 1.29 is 4.79 Å². The molecular weight excluding hydrogens is 288 g/mol. The summed E-state index contributed by atoms with van der Waals surface area (Å²) >= 11 is 0. The van der Waals surface area contributed by atoms with E-state index in [9.17, 15) is 4.79 Å². The van der Waals surface area contributed by atoms with E-state index in [-0.39, 0.29) is 5.91 Å². The van der Waals surface area contributed by atoms with Crippen molar-refractivity contribution in [3.63, 3.8) is 0 Å². The Balaban J connectivity index is 1.60. The van der Waals surface area contributed by atoms with Crippen molar-refractivity contribution in [3.05, 3.63) is 29.8 Å². The zero-order valence-electron chi connectivity index (χ0n) is 13.8. The van der Waals surface area contributed by atoms with Gasteiger partial charge in [-0.25, -0.2) is 4.99 Å². The molecule has 23 heavy (non-hydrogen) atoms. The molecule has 0 aromatic heterocycles. The molecule has 1 aliphatic carbocycles. The lowest BCUT2D eigenvalue weighted by Gasteiger charge is -2.26. The monoisotopic (exact) mass is 314 g/mol. The minimum atomic E-state index is 0.241. The van der Waals surface area contributed by atoms with Crippen molar-refractivity contribution in [2.75, 3.05) is 18.0 Å². The Kier molecular flexibility index (Phi) is 5.16. The molecule has 5 heteroatoms. The number of rotatable bonds is 5. The molecule has 1 heterocycles. The quantitative estimate of drug-likeness (QED) is 0.648. The topological polar surface area (TPSA) is 56.7 Å². The fourth-order valence-corrected chi connectivity index (χ4v) is 2.77. The lowest BCUT2D eigenvalue weighted by atomic mass is 10.1. The van der Waals surface area contributed by atoms with Gasteiger partial charge >= 0.3 is 0 Å². The fraction of sp³-hybridized carbons (Fsp3) is 0.556. The molecule has 0 radical (unpaired) electrons. The van der Waals surface area contributed by atoms with Gasteiger partial charge in [0, 0.05) is 31.2 Å². The molecule has 0 atom stereocenters. The van der Waals surface area contributed by atoms with Crippen LogP contribution in [-0.4, -0.2) is 31.0 Å². The van der Waals surface area contributed by atoms with Gasteiger partial charge in [-0.15, -0.1) is 0 Å². The number of anilines is 1. The van der Waals surface area contributed by atoms with Crippen LogP contribution in [-0.2, 0) is 11.3 Å². The Hall–Kier alpha value is -2.04. The lowest BCUT2D eigenvalue weighted by Crippen LogP contribution is -2.38. The van der Waals surface area contributed by atoms with Crippen LogP contribution in [0.4, 0.5) is 5.69 Å². The summed E-state index contributed by atoms with van der Waals surface area (Å²) in [6.07, 6.45) is 5.26. The average molecular weight is 314 g/mol. The number of hydrogen-bond acceptors (Lipinski definition) is 2. The van der Waals surface area contributed by atoms with Crippen LogP contribution in [0, 0.1) is 0 Å². The summed E-state index contributed by atoms with van der Waals surface area (Å²) in [7, 11) is 0. The van der Waals surface area contributed by atoms with Crippen LogP contribution in [0.1, 0.15) is 44.6 Å². The highest BCUT2D eigenvalue weighted by molar-refractivity contribution is 5.93. The van der Waals surface area contributed by atoms with Crippen LogP contribution >= 0.6 is 0 Å². The van der Waals surface area contributed by atoms with E-state index in [2.05, 4.69) is 34.7 Å². The fourth-order valence-electron chi connectivity index (χ4n) is 2.77. The zero-order valence-corrected chi connectivity index (χ0v) is 13.8. The van der Waals surface area contributed by atoms with Gasteiger partial charge in [0.15, 0.2) is 5.96 Å². The molecule has 2 fully saturated rings. The average Bonchev–Trinajstić information content (AvgIpc) is 3.38. The van der Waals surface area contributed by atoms with Crippen LogP contribution in [0.5, 0.6) is 0 Å². The van der Waals surface area contributed by atoms with Crippen LogP contribution in [0.25, 0.3) is 0 Å². The summed E-state index contributed by atoms with van der Waals surface area (Å²) in [4.78, 5) is 18.5. The normalized spacial score (nSPS) is 18.9. The Morgan fingerprint density at radius 3 is 2.70 bits per heavy atom. The first-order chi connectivity index (χ1) is 11.3. The minimum Gasteiger partial charge on any atom is -0.357 e. The number of amides is 1. The third-order valence-corrected chi connectivity index (χ3v) is 4.25. The smallest absolute Gasteiger partial charge is 0.226 e. The number of aliphatic imine (C=N–C) groups is 1. The van der Waals surface area contributed by atoms with Gasteiger partial charge in [0.2, 0.25) is 5.91 Å². The number of carbonyl (C=O) groups is 1. The van der Waals surface area contributed by atoms with Crippen molar-refractivity contribution in [1.82, 2.24) is 10.6 Å².